The Kier molecular flexibility index (Phi) is 4.38. The van der Waals surface area contributed by atoms with E-state index in [1.807, 2.05) is 24.3 Å². The van der Waals surface area contributed by atoms with Crippen molar-refractivity contribution in [2.24, 2.45) is 0 Å². The van der Waals surface area contributed by atoms with Crippen molar-refractivity contribution >= 4 is 32.9 Å². The highest BCUT2D eigenvalue weighted by Crippen LogP contribution is 2.31. The van der Waals surface area contributed by atoms with E-state index in [-0.39, 0.29) is 6.04 Å². The Morgan fingerprint density at radius 3 is 1.52 bits per heavy atom. The van der Waals surface area contributed by atoms with Crippen LogP contribution in [0.25, 0.3) is 21.5 Å². The molecule has 0 radical (unpaired) electrons. The van der Waals surface area contributed by atoms with Gasteiger partial charge in [0.15, 0.2) is 0 Å². The van der Waals surface area contributed by atoms with Crippen LogP contribution in [0, 0.1) is 0 Å². The number of nitrogens with one attached hydrogen (secondary N) is 1. The first kappa shape index (κ1) is 17.3. The molecule has 0 heterocycles. The highest BCUT2D eigenvalue weighted by atomic mass is 14.9. The third-order valence-electron chi connectivity index (χ3n) is 5.44. The molecule has 5 aromatic rings. The van der Waals surface area contributed by atoms with Gasteiger partial charge in [0.1, 0.15) is 0 Å². The Morgan fingerprint density at radius 2 is 1.00 bits per heavy atom. The normalized spacial score (nSPS) is 11.2. The lowest BCUT2D eigenvalue weighted by molar-refractivity contribution is 0.944. The Morgan fingerprint density at radius 1 is 0.517 bits per heavy atom. The van der Waals surface area contributed by atoms with E-state index >= 15 is 0 Å². The first-order valence-corrected chi connectivity index (χ1v) is 9.86. The molecule has 0 bridgehead atoms. The quantitative estimate of drug-likeness (QED) is 0.340. The number of rotatable bonds is 4. The second kappa shape index (κ2) is 7.33. The van der Waals surface area contributed by atoms with Crippen LogP contribution < -0.4 is 11.1 Å². The zero-order valence-corrected chi connectivity index (χ0v) is 16.0. The molecule has 0 unspecified atom stereocenters. The molecule has 0 aliphatic heterocycles. The minimum atomic E-state index is 0.0350. The summed E-state index contributed by atoms with van der Waals surface area (Å²) in [4.78, 5) is 0. The van der Waals surface area contributed by atoms with Crippen molar-refractivity contribution in [1.29, 1.82) is 0 Å². The first-order chi connectivity index (χ1) is 14.3. The van der Waals surface area contributed by atoms with Gasteiger partial charge in [0.2, 0.25) is 0 Å². The number of anilines is 2. The fourth-order valence-corrected chi connectivity index (χ4v) is 3.88. The topological polar surface area (TPSA) is 38.0 Å². The van der Waals surface area contributed by atoms with Gasteiger partial charge in [-0.2, -0.15) is 0 Å². The molecule has 0 atom stereocenters. The van der Waals surface area contributed by atoms with E-state index in [9.17, 15) is 0 Å². The van der Waals surface area contributed by atoms with Crippen LogP contribution in [0.5, 0.6) is 0 Å². The summed E-state index contributed by atoms with van der Waals surface area (Å²) in [6, 6.07) is 38.3. The molecular weight excluding hydrogens is 352 g/mol. The molecule has 0 saturated carbocycles. The highest BCUT2D eigenvalue weighted by molar-refractivity contribution is 5.85. The molecule has 0 amide bonds. The molecule has 0 aliphatic rings. The van der Waals surface area contributed by atoms with Crippen molar-refractivity contribution in [3.05, 3.63) is 120 Å². The van der Waals surface area contributed by atoms with Crippen molar-refractivity contribution < 1.29 is 0 Å². The maximum atomic E-state index is 5.88. The van der Waals surface area contributed by atoms with E-state index < -0.39 is 0 Å². The van der Waals surface area contributed by atoms with E-state index in [1.165, 1.54) is 32.7 Å². The third kappa shape index (κ3) is 3.53. The zero-order valence-electron chi connectivity index (χ0n) is 16.0. The zero-order chi connectivity index (χ0) is 19.6. The molecule has 0 fully saturated rings. The molecule has 0 spiro atoms. The molecule has 0 aliphatic carbocycles. The summed E-state index contributed by atoms with van der Waals surface area (Å²) in [6.07, 6.45) is 0. The molecule has 0 aromatic heterocycles. The van der Waals surface area contributed by atoms with E-state index in [0.717, 1.165) is 11.4 Å². The Bertz CT molecular complexity index is 1210. The van der Waals surface area contributed by atoms with Crippen LogP contribution in [0.3, 0.4) is 0 Å². The predicted octanol–water partition coefficient (Wildman–Crippen LogP) is 6.78. The van der Waals surface area contributed by atoms with Gasteiger partial charge < -0.3 is 11.1 Å². The van der Waals surface area contributed by atoms with Crippen LogP contribution >= 0.6 is 0 Å². The van der Waals surface area contributed by atoms with Gasteiger partial charge in [0.05, 0.1) is 6.04 Å². The molecule has 0 saturated heterocycles. The fourth-order valence-electron chi connectivity index (χ4n) is 3.88. The third-order valence-corrected chi connectivity index (χ3v) is 5.44. The average Bonchev–Trinajstić information content (AvgIpc) is 2.78. The molecule has 140 valence electrons. The Labute approximate surface area is 170 Å². The van der Waals surface area contributed by atoms with Gasteiger partial charge >= 0.3 is 0 Å². The summed E-state index contributed by atoms with van der Waals surface area (Å²) in [5, 5.41) is 8.71. The van der Waals surface area contributed by atoms with Crippen LogP contribution in [0.4, 0.5) is 11.4 Å². The van der Waals surface area contributed by atoms with Crippen LogP contribution in [0.1, 0.15) is 17.2 Å². The van der Waals surface area contributed by atoms with Gasteiger partial charge in [0.25, 0.3) is 0 Å². The van der Waals surface area contributed by atoms with E-state index in [0.29, 0.717) is 0 Å². The fraction of sp³-hybridized carbons (Fsp3) is 0.0370. The van der Waals surface area contributed by atoms with Gasteiger partial charge in [-0.15, -0.1) is 0 Å². The summed E-state index contributed by atoms with van der Waals surface area (Å²) in [5.41, 5.74) is 10.2. The molecular formula is C27H22N2. The van der Waals surface area contributed by atoms with E-state index in [1.54, 1.807) is 0 Å². The van der Waals surface area contributed by atoms with Crippen LogP contribution in [0.15, 0.2) is 109 Å². The summed E-state index contributed by atoms with van der Waals surface area (Å²) in [7, 11) is 0. The van der Waals surface area contributed by atoms with Gasteiger partial charge in [0, 0.05) is 11.4 Å². The number of fused-ring (bicyclic) bond motifs is 2. The summed E-state index contributed by atoms with van der Waals surface area (Å²) in [6.45, 7) is 0. The van der Waals surface area contributed by atoms with Gasteiger partial charge in [-0.05, 0) is 69.1 Å². The number of hydrogen-bond donors (Lipinski definition) is 2. The average molecular weight is 374 g/mol. The summed E-state index contributed by atoms with van der Waals surface area (Å²) in [5.74, 6) is 0. The lowest BCUT2D eigenvalue weighted by atomic mass is 9.94. The molecule has 5 rings (SSSR count). The number of nitrogens with two attached hydrogens (primary N) is 1. The van der Waals surface area contributed by atoms with Crippen molar-refractivity contribution in [2.45, 2.75) is 6.04 Å². The SMILES string of the molecule is Nc1ccc(NC(c2ccc3ccccc3c2)c2ccc3ccccc3c2)cc1. The molecule has 2 heteroatoms. The van der Waals surface area contributed by atoms with Crippen LogP contribution in [0.2, 0.25) is 0 Å². The maximum Gasteiger partial charge on any atom is 0.0767 e. The van der Waals surface area contributed by atoms with Crippen molar-refractivity contribution in [3.8, 4) is 0 Å². The maximum absolute atomic E-state index is 5.88. The van der Waals surface area contributed by atoms with Crippen molar-refractivity contribution in [3.63, 3.8) is 0 Å². The van der Waals surface area contributed by atoms with Crippen molar-refractivity contribution in [2.75, 3.05) is 11.1 Å². The van der Waals surface area contributed by atoms with Gasteiger partial charge in [-0.25, -0.2) is 0 Å². The Balaban J connectivity index is 1.63. The molecule has 5 aromatic carbocycles. The van der Waals surface area contributed by atoms with E-state index in [2.05, 4.69) is 90.2 Å². The number of benzene rings is 5. The van der Waals surface area contributed by atoms with E-state index in [4.69, 9.17) is 5.73 Å². The first-order valence-electron chi connectivity index (χ1n) is 9.86. The lowest BCUT2D eigenvalue weighted by Crippen LogP contribution is -2.12. The Hall–Kier alpha value is -3.78. The standard InChI is InChI=1S/C27H22N2/c28-25-13-15-26(16-14-25)29-27(23-11-9-19-5-1-3-7-21(19)17-23)24-12-10-20-6-2-4-8-22(20)18-24/h1-18,27,29H,28H2. The minimum absolute atomic E-state index is 0.0350. The van der Waals surface area contributed by atoms with Crippen LogP contribution in [-0.4, -0.2) is 0 Å². The molecule has 3 N–H and O–H groups in total. The number of hydrogen-bond acceptors (Lipinski definition) is 2. The second-order valence-corrected chi connectivity index (χ2v) is 7.41. The largest absolute Gasteiger partial charge is 0.399 e. The minimum Gasteiger partial charge on any atom is -0.399 e. The monoisotopic (exact) mass is 374 g/mol. The number of nitrogen functional groups attached to an aromatic ring is 1. The molecule has 29 heavy (non-hydrogen) atoms. The van der Waals surface area contributed by atoms with Gasteiger partial charge in [-0.1, -0.05) is 72.8 Å². The molecule has 2 nitrogen and oxygen atoms in total. The summed E-state index contributed by atoms with van der Waals surface area (Å²) >= 11 is 0. The highest BCUT2D eigenvalue weighted by Gasteiger charge is 2.15. The summed E-state index contributed by atoms with van der Waals surface area (Å²) < 4.78 is 0. The predicted molar refractivity (Wildman–Crippen MR) is 124 cm³/mol. The van der Waals surface area contributed by atoms with Crippen molar-refractivity contribution in [1.82, 2.24) is 0 Å². The second-order valence-electron chi connectivity index (χ2n) is 7.41. The lowest BCUT2D eigenvalue weighted by Gasteiger charge is -2.22. The smallest absolute Gasteiger partial charge is 0.0767 e. The van der Waals surface area contributed by atoms with Gasteiger partial charge in [-0.3, -0.25) is 0 Å². The van der Waals surface area contributed by atoms with Crippen LogP contribution in [-0.2, 0) is 0 Å².